The summed E-state index contributed by atoms with van der Waals surface area (Å²) in [5, 5.41) is 10.1. The van der Waals surface area contributed by atoms with Gasteiger partial charge in [0.2, 0.25) is 0 Å². The zero-order chi connectivity index (χ0) is 19.3. The maximum Gasteiger partial charge on any atom is 0.133 e. The molecular formula is C24H38O2. The van der Waals surface area contributed by atoms with Gasteiger partial charge >= 0.3 is 0 Å². The van der Waals surface area contributed by atoms with Crippen LogP contribution in [0.5, 0.6) is 0 Å². The van der Waals surface area contributed by atoms with E-state index in [4.69, 9.17) is 0 Å². The Morgan fingerprint density at radius 2 is 1.88 bits per heavy atom. The third kappa shape index (κ3) is 2.75. The van der Waals surface area contributed by atoms with Crippen molar-refractivity contribution in [1.29, 1.82) is 0 Å². The lowest BCUT2D eigenvalue weighted by molar-refractivity contribution is -0.128. The van der Waals surface area contributed by atoms with Crippen LogP contribution in [0.4, 0.5) is 0 Å². The molecule has 1 N–H and O–H groups in total. The topological polar surface area (TPSA) is 37.3 Å². The molecule has 0 saturated heterocycles. The van der Waals surface area contributed by atoms with Crippen LogP contribution >= 0.6 is 0 Å². The van der Waals surface area contributed by atoms with E-state index in [-0.39, 0.29) is 17.4 Å². The molecule has 8 atom stereocenters. The van der Waals surface area contributed by atoms with Gasteiger partial charge in [-0.05, 0) is 86.4 Å². The second kappa shape index (κ2) is 6.93. The van der Waals surface area contributed by atoms with Gasteiger partial charge in [0, 0.05) is 5.92 Å². The fourth-order valence-electron chi connectivity index (χ4n) is 7.87. The molecule has 2 nitrogen and oxygen atoms in total. The average molecular weight is 359 g/mol. The van der Waals surface area contributed by atoms with Crippen molar-refractivity contribution in [2.24, 2.45) is 40.4 Å². The Labute approximate surface area is 160 Å². The van der Waals surface area contributed by atoms with E-state index in [1.54, 1.807) is 5.57 Å². The van der Waals surface area contributed by atoms with E-state index in [0.29, 0.717) is 23.0 Å². The first kappa shape index (κ1) is 19.9. The van der Waals surface area contributed by atoms with Crippen LogP contribution in [0.1, 0.15) is 72.6 Å². The summed E-state index contributed by atoms with van der Waals surface area (Å²) in [5.74, 6) is 3.46. The molecule has 4 aliphatic rings. The average Bonchev–Trinajstić information content (AvgIpc) is 2.87. The lowest BCUT2D eigenvalue weighted by atomic mass is 9.47. The van der Waals surface area contributed by atoms with E-state index in [1.165, 1.54) is 25.7 Å². The largest absolute Gasteiger partial charge is 0.393 e. The molecule has 0 amide bonds. The second-order valence-corrected chi connectivity index (χ2v) is 10.0. The number of Topliss-reactive ketones (excluding diaryl/α,β-unsaturated/α-hetero) is 1. The van der Waals surface area contributed by atoms with Gasteiger partial charge in [0.15, 0.2) is 0 Å². The Kier molecular flexibility index (Phi) is 5.29. The number of fused-ring (bicyclic) bond motifs is 5. The summed E-state index contributed by atoms with van der Waals surface area (Å²) in [6, 6.07) is 0. The van der Waals surface area contributed by atoms with Gasteiger partial charge in [0.05, 0.1) is 6.10 Å². The minimum Gasteiger partial charge on any atom is -0.393 e. The van der Waals surface area contributed by atoms with Gasteiger partial charge < -0.3 is 5.11 Å². The molecule has 146 valence electrons. The maximum atomic E-state index is 12.4. The lowest BCUT2D eigenvalue weighted by Crippen LogP contribution is -2.51. The number of rotatable bonds is 1. The van der Waals surface area contributed by atoms with E-state index in [0.717, 1.165) is 31.1 Å². The number of carbonyl (C=O) groups excluding carboxylic acids is 1. The highest BCUT2D eigenvalue weighted by Crippen LogP contribution is 2.67. The Morgan fingerprint density at radius 3 is 2.54 bits per heavy atom. The van der Waals surface area contributed by atoms with Crippen LogP contribution in [0.2, 0.25) is 0 Å². The number of aliphatic hydroxyl groups is 1. The first-order valence-electron chi connectivity index (χ1n) is 10.7. The van der Waals surface area contributed by atoms with Gasteiger partial charge in [0.25, 0.3) is 0 Å². The van der Waals surface area contributed by atoms with Crippen LogP contribution in [0, 0.1) is 40.4 Å². The zero-order valence-corrected chi connectivity index (χ0v) is 17.3. The van der Waals surface area contributed by atoms with Crippen LogP contribution in [-0.4, -0.2) is 17.0 Å². The molecule has 4 aliphatic carbocycles. The fraction of sp³-hybridized carbons (Fsp3) is 0.792. The summed E-state index contributed by atoms with van der Waals surface area (Å²) in [5.41, 5.74) is 2.07. The van der Waals surface area contributed by atoms with Crippen LogP contribution in [0.15, 0.2) is 24.8 Å². The van der Waals surface area contributed by atoms with Gasteiger partial charge in [-0.2, -0.15) is 0 Å². The SMILES string of the molecule is C=C.CC(=O)[C@H]1[C@H](C)C[C@H]2[C@@H]3CC=C4C[C@@H](O)CC[C@]4(C)[C@H]3CC[C@@]21C. The van der Waals surface area contributed by atoms with Crippen LogP contribution < -0.4 is 0 Å². The number of ketones is 1. The van der Waals surface area contributed by atoms with Crippen molar-refractivity contribution in [2.45, 2.75) is 78.7 Å². The molecule has 4 rings (SSSR count). The van der Waals surface area contributed by atoms with Crippen molar-refractivity contribution in [3.05, 3.63) is 24.8 Å². The molecule has 0 aliphatic heterocycles. The van der Waals surface area contributed by atoms with E-state index in [1.807, 2.05) is 6.92 Å². The molecule has 26 heavy (non-hydrogen) atoms. The Balaban J connectivity index is 0.000000948. The standard InChI is InChI=1S/C22H34O2.C2H4/c1-13-11-19-17-6-5-15-12-16(24)7-9-21(15,3)18(17)8-10-22(19,4)20(13)14(2)23;1-2/h5,13,16-20,24H,6-12H2,1-4H3;1-2H2/t13-,16+,17-,18+,19+,20-,21+,22+;/m1./s1. The highest BCUT2D eigenvalue weighted by Gasteiger charge is 2.61. The van der Waals surface area contributed by atoms with Gasteiger partial charge in [-0.25, -0.2) is 0 Å². The Morgan fingerprint density at radius 1 is 1.19 bits per heavy atom. The normalized spacial score (nSPS) is 49.7. The van der Waals surface area contributed by atoms with Gasteiger partial charge in [-0.3, -0.25) is 4.79 Å². The van der Waals surface area contributed by atoms with Gasteiger partial charge in [-0.1, -0.05) is 32.4 Å². The molecule has 0 bridgehead atoms. The van der Waals surface area contributed by atoms with Crippen molar-refractivity contribution >= 4 is 5.78 Å². The van der Waals surface area contributed by atoms with Crippen molar-refractivity contribution in [3.63, 3.8) is 0 Å². The number of carbonyl (C=O) groups is 1. The van der Waals surface area contributed by atoms with E-state index in [9.17, 15) is 9.90 Å². The predicted octanol–water partition coefficient (Wildman–Crippen LogP) is 5.56. The molecule has 0 heterocycles. The minimum atomic E-state index is -0.122. The summed E-state index contributed by atoms with van der Waals surface area (Å²) in [6.45, 7) is 15.0. The molecule has 0 radical (unpaired) electrons. The van der Waals surface area contributed by atoms with Crippen LogP contribution in [0.25, 0.3) is 0 Å². The number of hydrogen-bond donors (Lipinski definition) is 1. The van der Waals surface area contributed by atoms with Crippen LogP contribution in [-0.2, 0) is 4.79 Å². The summed E-state index contributed by atoms with van der Waals surface area (Å²) in [6.07, 6.45) is 10.3. The molecule has 0 aromatic rings. The molecule has 0 aromatic heterocycles. The molecule has 0 unspecified atom stereocenters. The predicted molar refractivity (Wildman–Crippen MR) is 108 cm³/mol. The van der Waals surface area contributed by atoms with Gasteiger partial charge in [0.1, 0.15) is 5.78 Å². The van der Waals surface area contributed by atoms with Gasteiger partial charge in [-0.15, -0.1) is 13.2 Å². The molecule has 0 aromatic carbocycles. The first-order valence-corrected chi connectivity index (χ1v) is 10.7. The zero-order valence-electron chi connectivity index (χ0n) is 17.3. The summed E-state index contributed by atoms with van der Waals surface area (Å²) < 4.78 is 0. The summed E-state index contributed by atoms with van der Waals surface area (Å²) >= 11 is 0. The van der Waals surface area contributed by atoms with E-state index >= 15 is 0 Å². The number of allylic oxidation sites excluding steroid dienone is 1. The Hall–Kier alpha value is -0.890. The smallest absolute Gasteiger partial charge is 0.133 e. The first-order chi connectivity index (χ1) is 12.3. The third-order valence-electron chi connectivity index (χ3n) is 8.86. The summed E-state index contributed by atoms with van der Waals surface area (Å²) in [7, 11) is 0. The number of hydrogen-bond acceptors (Lipinski definition) is 2. The van der Waals surface area contributed by atoms with Crippen molar-refractivity contribution < 1.29 is 9.90 Å². The quantitative estimate of drug-likeness (QED) is 0.623. The van der Waals surface area contributed by atoms with Crippen molar-refractivity contribution in [3.8, 4) is 0 Å². The molecule has 0 spiro atoms. The maximum absolute atomic E-state index is 12.4. The summed E-state index contributed by atoms with van der Waals surface area (Å²) in [4.78, 5) is 12.4. The minimum absolute atomic E-state index is 0.122. The second-order valence-electron chi connectivity index (χ2n) is 10.0. The monoisotopic (exact) mass is 358 g/mol. The molecular weight excluding hydrogens is 320 g/mol. The van der Waals surface area contributed by atoms with Crippen LogP contribution in [0.3, 0.4) is 0 Å². The third-order valence-corrected chi connectivity index (χ3v) is 8.86. The van der Waals surface area contributed by atoms with Crippen molar-refractivity contribution in [1.82, 2.24) is 0 Å². The van der Waals surface area contributed by atoms with Crippen molar-refractivity contribution in [2.75, 3.05) is 0 Å². The number of aliphatic hydroxyl groups excluding tert-OH is 1. The Bertz CT molecular complexity index is 593. The fourth-order valence-corrected chi connectivity index (χ4v) is 7.87. The molecule has 3 saturated carbocycles. The highest BCUT2D eigenvalue weighted by atomic mass is 16.3. The van der Waals surface area contributed by atoms with E-state index in [2.05, 4.69) is 40.0 Å². The lowest BCUT2D eigenvalue weighted by Gasteiger charge is -2.57. The molecule has 2 heteroatoms. The van der Waals surface area contributed by atoms with E-state index < -0.39 is 0 Å². The highest BCUT2D eigenvalue weighted by molar-refractivity contribution is 5.80. The molecule has 3 fully saturated rings.